The van der Waals surface area contributed by atoms with Crippen LogP contribution >= 0.6 is 0 Å². The minimum Gasteiger partial charge on any atom is -0.508 e. The third-order valence-corrected chi connectivity index (χ3v) is 34.7. The Kier molecular flexibility index (Phi) is 49.0. The van der Waals surface area contributed by atoms with Gasteiger partial charge in [0, 0.05) is 85.3 Å². The number of allylic oxidation sites excluding steroid dienone is 5. The summed E-state index contributed by atoms with van der Waals surface area (Å²) in [5.41, 5.74) is 26.3. The number of benzene rings is 10. The van der Waals surface area contributed by atoms with Crippen LogP contribution in [0.1, 0.15) is 378 Å². The van der Waals surface area contributed by atoms with E-state index in [0.717, 1.165) is 59.5 Å². The molecule has 0 aliphatic heterocycles. The predicted molar refractivity (Wildman–Crippen MR) is 586 cm³/mol. The van der Waals surface area contributed by atoms with Crippen molar-refractivity contribution in [2.45, 2.75) is 322 Å². The van der Waals surface area contributed by atoms with Crippen LogP contribution in [-0.4, -0.2) is 51.1 Å². The van der Waals surface area contributed by atoms with Crippen LogP contribution in [0.25, 0.3) is 27.9 Å². The van der Waals surface area contributed by atoms with Gasteiger partial charge in [-0.2, -0.15) is 0 Å². The third-order valence-electron chi connectivity index (χ3n) is 34.7. The van der Waals surface area contributed by atoms with Crippen molar-refractivity contribution in [1.82, 2.24) is 0 Å². The Morgan fingerprint density at radius 3 is 0.721 bits per heavy atom. The van der Waals surface area contributed by atoms with Gasteiger partial charge in [-0.05, 0) is 379 Å². The van der Waals surface area contributed by atoms with E-state index >= 15 is 0 Å². The molecule has 0 radical (unpaired) electrons. The van der Waals surface area contributed by atoms with Crippen LogP contribution in [0.15, 0.2) is 271 Å². The van der Waals surface area contributed by atoms with Gasteiger partial charge in [-0.3, -0.25) is 0 Å². The molecule has 0 spiro atoms. The maximum atomic E-state index is 9.84. The molecule has 21 rings (SSSR count). The number of phenolic OH excluding ortho intramolecular Hbond substituents is 10. The molecule has 2 unspecified atom stereocenters. The second kappa shape index (κ2) is 60.7. The SMILES string of the molecule is C1CCCC1.C[C@@H](CC(=C(c1ccc(O)cc1)c1ccc(O)cc1)C1CCCC1)C1CCCC1.C[C@H](CC(=C(c1ccc(O)cc1)c1ccc(O)cc1)C1CCCC1)C1CCCC1.Oc1ccc(C(=C(CC2CCCC2)CC2CCCC2)c2ccc(O)cc2)cc1.Oc1ccc(C(=C(CCC2CCCC2)C2CCCC2)c2ccc(O)cc2)cc1.Oc1ccc(C(=C2CCC3CCCC23)c2ccc(O)cc2)cc1.[Fe].[Fe].[Fe].[Fe].[Fe]. The van der Waals surface area contributed by atoms with Gasteiger partial charge in [0.1, 0.15) is 57.5 Å². The Morgan fingerprint density at radius 1 is 0.224 bits per heavy atom. The summed E-state index contributed by atoms with van der Waals surface area (Å²) in [4.78, 5) is 0. The Labute approximate surface area is 933 Å². The summed E-state index contributed by atoms with van der Waals surface area (Å²) < 4.78 is 0. The van der Waals surface area contributed by atoms with Gasteiger partial charge in [-0.15, -0.1) is 0 Å². The number of fused-ring (bicyclic) bond motifs is 1. The molecule has 0 aromatic heterocycles. The van der Waals surface area contributed by atoms with Crippen molar-refractivity contribution < 1.29 is 136 Å². The molecule has 0 bridgehead atoms. The number of hydrogen-bond donors (Lipinski definition) is 10. The van der Waals surface area contributed by atoms with Gasteiger partial charge >= 0.3 is 0 Å². The Bertz CT molecular complexity index is 5290. The molecule has 4 atom stereocenters. The average molecular weight is 2190 g/mol. The van der Waals surface area contributed by atoms with Gasteiger partial charge in [0.25, 0.3) is 0 Å². The van der Waals surface area contributed by atoms with E-state index in [4.69, 9.17) is 0 Å². The van der Waals surface area contributed by atoms with Crippen LogP contribution in [-0.2, 0) is 85.3 Å². The van der Waals surface area contributed by atoms with Crippen molar-refractivity contribution in [3.63, 3.8) is 0 Å². The van der Waals surface area contributed by atoms with Crippen molar-refractivity contribution in [3.05, 3.63) is 326 Å². The molecule has 10 N–H and O–H groups in total. The van der Waals surface area contributed by atoms with E-state index < -0.39 is 0 Å². The molecule has 147 heavy (non-hydrogen) atoms. The Balaban J connectivity index is 0.000000171. The minimum atomic E-state index is 0. The first kappa shape index (κ1) is 119. The van der Waals surface area contributed by atoms with E-state index in [0.29, 0.717) is 93.0 Å². The van der Waals surface area contributed by atoms with E-state index in [1.165, 1.54) is 368 Å². The van der Waals surface area contributed by atoms with Crippen molar-refractivity contribution in [2.24, 2.45) is 71.0 Å². The van der Waals surface area contributed by atoms with Crippen LogP contribution in [0.4, 0.5) is 0 Å². The molecule has 11 fully saturated rings. The minimum absolute atomic E-state index is 0. The van der Waals surface area contributed by atoms with Crippen molar-refractivity contribution in [1.29, 1.82) is 0 Å². The fraction of sp³-hybridized carbons (Fsp3) is 0.470. The molecule has 792 valence electrons. The van der Waals surface area contributed by atoms with Crippen molar-refractivity contribution >= 4 is 27.9 Å². The molecule has 10 aromatic carbocycles. The summed E-state index contributed by atoms with van der Waals surface area (Å²) in [6.07, 6.45) is 64.4. The quantitative estimate of drug-likeness (QED) is 0.0233. The molecular weight excluding hydrogens is 2020 g/mol. The molecule has 11 aliphatic carbocycles. The zero-order valence-electron chi connectivity index (χ0n) is 87.2. The van der Waals surface area contributed by atoms with Crippen LogP contribution in [0, 0.1) is 71.0 Å². The van der Waals surface area contributed by atoms with Crippen molar-refractivity contribution in [2.75, 3.05) is 0 Å². The molecule has 10 nitrogen and oxygen atoms in total. The van der Waals surface area contributed by atoms with Crippen LogP contribution in [0.5, 0.6) is 57.5 Å². The molecule has 10 aromatic rings. The van der Waals surface area contributed by atoms with Gasteiger partial charge in [-0.25, -0.2) is 0 Å². The van der Waals surface area contributed by atoms with Gasteiger partial charge in [-0.1, -0.05) is 369 Å². The number of aromatic hydroxyl groups is 10. The zero-order valence-corrected chi connectivity index (χ0v) is 92.7. The molecule has 0 saturated heterocycles. The van der Waals surface area contributed by atoms with E-state index in [9.17, 15) is 51.1 Å². The first-order valence-corrected chi connectivity index (χ1v) is 55.9. The predicted octanol–water partition coefficient (Wildman–Crippen LogP) is 35.8. The summed E-state index contributed by atoms with van der Waals surface area (Å²) in [6, 6.07) is 76.5. The van der Waals surface area contributed by atoms with E-state index in [-0.39, 0.29) is 85.3 Å². The summed E-state index contributed by atoms with van der Waals surface area (Å²) >= 11 is 0. The average Bonchev–Trinajstić information content (AvgIpc) is 1.64. The monoisotopic (exact) mass is 2190 g/mol. The van der Waals surface area contributed by atoms with Crippen LogP contribution in [0.2, 0.25) is 0 Å². The molecule has 0 amide bonds. The second-order valence-electron chi connectivity index (χ2n) is 44.4. The van der Waals surface area contributed by atoms with Gasteiger partial charge in [0.05, 0.1) is 0 Å². The van der Waals surface area contributed by atoms with Crippen molar-refractivity contribution in [3.8, 4) is 57.5 Å². The molecule has 0 heterocycles. The standard InChI is InChI=1S/2C27H34O2.2C26H32O2.C21H22O2.C5H10.5Fe/c2*1-19(20-6-2-3-7-20)18-26(21-8-4-5-9-21)27(22-10-14-24(28)15-11-22)23-12-16-25(29)17-13-23;27-23-14-10-21(11-15-23)26(22-12-16-24(28)17-13-22)25(20-7-3-4-8-20)18-9-19-5-1-2-6-19;27-24-13-9-21(10-14-24)26(22-11-15-25(28)16-12-22)23(17-19-5-1-2-6-19)18-20-7-3-4-8-20;22-17-9-4-15(5-10-17)21(16-6-11-18(23)12-7-16)20-13-8-14-2-1-3-19(14)20;1-2-4-5-3-1;;;;;/h2*10-17,19-21,28-29H,2-9,18H2,1H3;10-17,19-20,27-28H,1-9,18H2;9-16,19-20,27-28H,1-8,17-18H2;4-7,9-12,14,19,22-23H,1-3,8,13H2;1-5H2;;;;;/t2*19-;;;;;;;;;/m10........./s1. The molecule has 15 heteroatoms. The number of rotatable bonds is 26. The normalized spacial score (nSPS) is 18.6. The summed E-state index contributed by atoms with van der Waals surface area (Å²) in [6.45, 7) is 4.91. The third kappa shape index (κ3) is 34.0. The Hall–Kier alpha value is -8.50. The fourth-order valence-corrected chi connectivity index (χ4v) is 27.0. The van der Waals surface area contributed by atoms with E-state index in [1.807, 2.05) is 121 Å². The maximum absolute atomic E-state index is 9.84. The molecular formula is C132H164Fe5O10. The topological polar surface area (TPSA) is 202 Å². The first-order chi connectivity index (χ1) is 69.3. The maximum Gasteiger partial charge on any atom is 0.115 e. The fourth-order valence-electron chi connectivity index (χ4n) is 27.0. The van der Waals surface area contributed by atoms with Gasteiger partial charge < -0.3 is 51.1 Å². The Morgan fingerprint density at radius 2 is 0.449 bits per heavy atom. The van der Waals surface area contributed by atoms with E-state index in [2.05, 4.69) is 13.8 Å². The summed E-state index contributed by atoms with van der Waals surface area (Å²) in [5.74, 6) is 12.2. The zero-order chi connectivity index (χ0) is 98.5. The first-order valence-electron chi connectivity index (χ1n) is 55.9. The van der Waals surface area contributed by atoms with Crippen LogP contribution < -0.4 is 0 Å². The van der Waals surface area contributed by atoms with Gasteiger partial charge in [0.15, 0.2) is 0 Å². The van der Waals surface area contributed by atoms with E-state index in [1.54, 1.807) is 149 Å². The number of phenols is 10. The second-order valence-corrected chi connectivity index (χ2v) is 44.4. The van der Waals surface area contributed by atoms with Crippen LogP contribution in [0.3, 0.4) is 0 Å². The smallest absolute Gasteiger partial charge is 0.115 e. The molecule has 11 aliphatic rings. The largest absolute Gasteiger partial charge is 0.508 e. The summed E-state index contributed by atoms with van der Waals surface area (Å²) in [5, 5.41) is 97.7. The molecule has 11 saturated carbocycles. The van der Waals surface area contributed by atoms with Gasteiger partial charge in [0.2, 0.25) is 0 Å². The summed E-state index contributed by atoms with van der Waals surface area (Å²) in [7, 11) is 0. The number of hydrogen-bond acceptors (Lipinski definition) is 10.